The molecular formula is C16H16N2O3. The van der Waals surface area contributed by atoms with Crippen molar-refractivity contribution in [3.8, 4) is 5.75 Å². The second-order valence-electron chi connectivity index (χ2n) is 4.98. The highest BCUT2D eigenvalue weighted by Crippen LogP contribution is 2.27. The highest BCUT2D eigenvalue weighted by atomic mass is 16.5. The Balaban J connectivity index is 2.02. The Bertz CT molecular complexity index is 848. The first-order valence-electron chi connectivity index (χ1n) is 6.61. The van der Waals surface area contributed by atoms with E-state index < -0.39 is 5.76 Å². The number of hydrogen-bond acceptors (Lipinski definition) is 4. The summed E-state index contributed by atoms with van der Waals surface area (Å²) in [6.07, 6.45) is 0. The molecule has 5 heteroatoms. The predicted molar refractivity (Wildman–Crippen MR) is 80.6 cm³/mol. The molecular weight excluding hydrogens is 268 g/mol. The molecule has 0 saturated heterocycles. The van der Waals surface area contributed by atoms with Crippen LogP contribution in [0.5, 0.6) is 5.75 Å². The van der Waals surface area contributed by atoms with Gasteiger partial charge in [-0.25, -0.2) is 4.79 Å². The van der Waals surface area contributed by atoms with E-state index in [4.69, 9.17) is 14.9 Å². The van der Waals surface area contributed by atoms with Gasteiger partial charge in [0.1, 0.15) is 5.75 Å². The van der Waals surface area contributed by atoms with E-state index in [1.165, 1.54) is 0 Å². The molecule has 0 amide bonds. The second kappa shape index (κ2) is 5.10. The van der Waals surface area contributed by atoms with Crippen molar-refractivity contribution in [1.29, 1.82) is 0 Å². The van der Waals surface area contributed by atoms with Gasteiger partial charge in [-0.05, 0) is 41.8 Å². The Hall–Kier alpha value is -2.53. The number of aromatic amines is 1. The van der Waals surface area contributed by atoms with E-state index in [0.717, 1.165) is 22.4 Å². The van der Waals surface area contributed by atoms with Gasteiger partial charge in [0.15, 0.2) is 5.58 Å². The molecule has 0 aliphatic carbocycles. The minimum absolute atomic E-state index is 0.316. The number of aromatic nitrogens is 1. The quantitative estimate of drug-likeness (QED) is 0.774. The number of nitrogens with one attached hydrogen (secondary N) is 1. The molecule has 0 aliphatic rings. The van der Waals surface area contributed by atoms with Crippen molar-refractivity contribution in [2.75, 3.05) is 7.11 Å². The van der Waals surface area contributed by atoms with Crippen molar-refractivity contribution in [2.45, 2.75) is 13.0 Å². The van der Waals surface area contributed by atoms with Crippen LogP contribution in [0.3, 0.4) is 0 Å². The van der Waals surface area contributed by atoms with Gasteiger partial charge in [0.2, 0.25) is 0 Å². The van der Waals surface area contributed by atoms with Crippen LogP contribution in [0.2, 0.25) is 0 Å². The van der Waals surface area contributed by atoms with Crippen LogP contribution in [0, 0.1) is 6.92 Å². The SMILES string of the molecule is COc1cc(C(N)c2ccc3[nH]c(=O)oc3c2)ccc1C. The van der Waals surface area contributed by atoms with E-state index >= 15 is 0 Å². The number of fused-ring (bicyclic) bond motifs is 1. The van der Waals surface area contributed by atoms with Gasteiger partial charge in [0, 0.05) is 0 Å². The molecule has 0 fully saturated rings. The van der Waals surface area contributed by atoms with Crippen molar-refractivity contribution >= 4 is 11.1 Å². The van der Waals surface area contributed by atoms with Crippen LogP contribution < -0.4 is 16.2 Å². The van der Waals surface area contributed by atoms with E-state index in [1.54, 1.807) is 19.2 Å². The lowest BCUT2D eigenvalue weighted by molar-refractivity contribution is 0.411. The fourth-order valence-electron chi connectivity index (χ4n) is 2.38. The molecule has 1 aromatic heterocycles. The average Bonchev–Trinajstić information content (AvgIpc) is 2.86. The first-order valence-corrected chi connectivity index (χ1v) is 6.61. The van der Waals surface area contributed by atoms with E-state index in [-0.39, 0.29) is 6.04 Å². The van der Waals surface area contributed by atoms with Crippen LogP contribution in [0.15, 0.2) is 45.6 Å². The first kappa shape index (κ1) is 13.5. The van der Waals surface area contributed by atoms with Crippen molar-refractivity contribution in [1.82, 2.24) is 4.98 Å². The molecule has 1 atom stereocenters. The summed E-state index contributed by atoms with van der Waals surface area (Å²) in [7, 11) is 1.64. The second-order valence-corrected chi connectivity index (χ2v) is 4.98. The Labute approximate surface area is 121 Å². The molecule has 3 rings (SSSR count). The number of nitrogens with two attached hydrogens (primary N) is 1. The topological polar surface area (TPSA) is 81.2 Å². The van der Waals surface area contributed by atoms with Crippen LogP contribution in [-0.2, 0) is 0 Å². The van der Waals surface area contributed by atoms with Gasteiger partial charge in [0.25, 0.3) is 0 Å². The minimum atomic E-state index is -0.465. The molecule has 108 valence electrons. The molecule has 0 spiro atoms. The van der Waals surface area contributed by atoms with Gasteiger partial charge >= 0.3 is 5.76 Å². The third-order valence-corrected chi connectivity index (χ3v) is 3.60. The zero-order chi connectivity index (χ0) is 15.0. The van der Waals surface area contributed by atoms with E-state index in [1.807, 2.05) is 31.2 Å². The van der Waals surface area contributed by atoms with Gasteiger partial charge in [-0.2, -0.15) is 0 Å². The van der Waals surface area contributed by atoms with Gasteiger partial charge in [-0.1, -0.05) is 18.2 Å². The maximum Gasteiger partial charge on any atom is 0.417 e. The Morgan fingerprint density at radius 3 is 2.67 bits per heavy atom. The summed E-state index contributed by atoms with van der Waals surface area (Å²) < 4.78 is 10.4. The molecule has 0 bridgehead atoms. The molecule has 3 aromatic rings. The number of oxazole rings is 1. The molecule has 21 heavy (non-hydrogen) atoms. The Morgan fingerprint density at radius 1 is 1.19 bits per heavy atom. The number of ether oxygens (including phenoxy) is 1. The molecule has 1 unspecified atom stereocenters. The summed E-state index contributed by atoms with van der Waals surface area (Å²) in [5.74, 6) is 0.338. The minimum Gasteiger partial charge on any atom is -0.496 e. The average molecular weight is 284 g/mol. The molecule has 0 radical (unpaired) electrons. The van der Waals surface area contributed by atoms with Crippen LogP contribution in [0.1, 0.15) is 22.7 Å². The summed E-state index contributed by atoms with van der Waals surface area (Å²) in [6, 6.07) is 11.0. The summed E-state index contributed by atoms with van der Waals surface area (Å²) in [5, 5.41) is 0. The Morgan fingerprint density at radius 2 is 1.90 bits per heavy atom. The number of aryl methyl sites for hydroxylation is 1. The number of methoxy groups -OCH3 is 1. The zero-order valence-electron chi connectivity index (χ0n) is 11.8. The molecule has 2 aromatic carbocycles. The first-order chi connectivity index (χ1) is 10.1. The molecule has 5 nitrogen and oxygen atoms in total. The number of H-pyrrole nitrogens is 1. The number of hydrogen-bond donors (Lipinski definition) is 2. The Kier molecular flexibility index (Phi) is 3.27. The zero-order valence-corrected chi connectivity index (χ0v) is 11.8. The molecule has 0 saturated carbocycles. The largest absolute Gasteiger partial charge is 0.496 e. The van der Waals surface area contributed by atoms with Gasteiger partial charge < -0.3 is 14.9 Å². The van der Waals surface area contributed by atoms with Crippen molar-refractivity contribution in [2.24, 2.45) is 5.73 Å². The van der Waals surface area contributed by atoms with Crippen LogP contribution in [0.4, 0.5) is 0 Å². The maximum absolute atomic E-state index is 11.2. The highest BCUT2D eigenvalue weighted by Gasteiger charge is 2.13. The third kappa shape index (κ3) is 2.43. The summed E-state index contributed by atoms with van der Waals surface area (Å²) in [6.45, 7) is 1.98. The van der Waals surface area contributed by atoms with Crippen LogP contribution in [-0.4, -0.2) is 12.1 Å². The monoisotopic (exact) mass is 284 g/mol. The number of rotatable bonds is 3. The normalized spacial score (nSPS) is 12.5. The molecule has 3 N–H and O–H groups in total. The summed E-state index contributed by atoms with van der Waals surface area (Å²) in [4.78, 5) is 13.8. The maximum atomic E-state index is 11.2. The van der Waals surface area contributed by atoms with E-state index in [2.05, 4.69) is 4.98 Å². The van der Waals surface area contributed by atoms with Crippen molar-refractivity contribution in [3.63, 3.8) is 0 Å². The lowest BCUT2D eigenvalue weighted by Crippen LogP contribution is -2.12. The predicted octanol–water partition coefficient (Wildman–Crippen LogP) is 2.49. The van der Waals surface area contributed by atoms with Gasteiger partial charge in [-0.15, -0.1) is 0 Å². The number of benzene rings is 2. The lowest BCUT2D eigenvalue weighted by atomic mass is 9.98. The summed E-state index contributed by atoms with van der Waals surface area (Å²) >= 11 is 0. The van der Waals surface area contributed by atoms with Crippen molar-refractivity contribution in [3.05, 3.63) is 63.6 Å². The van der Waals surface area contributed by atoms with Gasteiger partial charge in [-0.3, -0.25) is 4.98 Å². The lowest BCUT2D eigenvalue weighted by Gasteiger charge is -2.14. The molecule has 1 heterocycles. The smallest absolute Gasteiger partial charge is 0.417 e. The third-order valence-electron chi connectivity index (χ3n) is 3.60. The summed E-state index contributed by atoms with van der Waals surface area (Å²) in [5.41, 5.74) is 10.3. The fourth-order valence-corrected chi connectivity index (χ4v) is 2.38. The van der Waals surface area contributed by atoms with E-state index in [0.29, 0.717) is 11.1 Å². The fraction of sp³-hybridized carbons (Fsp3) is 0.188. The van der Waals surface area contributed by atoms with Crippen LogP contribution in [0.25, 0.3) is 11.1 Å². The highest BCUT2D eigenvalue weighted by molar-refractivity contribution is 5.73. The van der Waals surface area contributed by atoms with Crippen molar-refractivity contribution < 1.29 is 9.15 Å². The van der Waals surface area contributed by atoms with E-state index in [9.17, 15) is 4.79 Å². The van der Waals surface area contributed by atoms with Crippen LogP contribution >= 0.6 is 0 Å². The van der Waals surface area contributed by atoms with Gasteiger partial charge in [0.05, 0.1) is 18.7 Å². The standard InChI is InChI=1S/C16H16N2O3/c1-9-3-4-10(7-13(9)20-2)15(17)11-5-6-12-14(8-11)21-16(19)18-12/h3-8,15H,17H2,1-2H3,(H,18,19). The molecule has 0 aliphatic heterocycles.